The van der Waals surface area contributed by atoms with E-state index in [0.29, 0.717) is 0 Å². The molecule has 0 saturated heterocycles. The van der Waals surface area contributed by atoms with Crippen molar-refractivity contribution in [3.63, 3.8) is 0 Å². The van der Waals surface area contributed by atoms with Gasteiger partial charge < -0.3 is 4.18 Å². The minimum atomic E-state index is 0.753. The molecule has 38 heavy (non-hydrogen) atoms. The third kappa shape index (κ3) is 8.21. The number of benzene rings is 3. The van der Waals surface area contributed by atoms with Crippen LogP contribution in [-0.2, 0) is 10.6 Å². The Morgan fingerprint density at radius 1 is 0.816 bits per heavy atom. The number of hydrogen-bond acceptors (Lipinski definition) is 3. The molecule has 1 aliphatic carbocycles. The molecule has 3 heteroatoms. The highest BCUT2D eigenvalue weighted by Crippen LogP contribution is 2.38. The molecule has 0 N–H and O–H groups in total. The van der Waals surface area contributed by atoms with Gasteiger partial charge >= 0.3 is 0 Å². The number of nitrogens with zero attached hydrogens (tertiary/aromatic N) is 1. The fourth-order valence-corrected chi connectivity index (χ4v) is 6.56. The monoisotopic (exact) mass is 529 g/mol. The maximum atomic E-state index is 5.11. The summed E-state index contributed by atoms with van der Waals surface area (Å²) in [6, 6.07) is 25.5. The lowest BCUT2D eigenvalue weighted by Gasteiger charge is -2.29. The van der Waals surface area contributed by atoms with E-state index >= 15 is 0 Å². The molecule has 1 saturated carbocycles. The predicted molar refractivity (Wildman–Crippen MR) is 166 cm³/mol. The summed E-state index contributed by atoms with van der Waals surface area (Å²) < 4.78 is 7.24. The smallest absolute Gasteiger partial charge is 0.0813 e. The highest BCUT2D eigenvalue weighted by atomic mass is 32.2. The number of unbranched alkanes of at least 4 members (excludes halogenated alkanes) is 2. The second kappa shape index (κ2) is 14.9. The van der Waals surface area contributed by atoms with Gasteiger partial charge in [0, 0.05) is 6.54 Å². The lowest BCUT2D eigenvalue weighted by molar-refractivity contribution is 0.303. The topological polar surface area (TPSA) is 12.5 Å². The molecule has 0 bridgehead atoms. The fraction of sp³-hybridized carbons (Fsp3) is 0.486. The average Bonchev–Trinajstić information content (AvgIpc) is 2.94. The molecule has 0 amide bonds. The van der Waals surface area contributed by atoms with E-state index in [1.807, 2.05) is 0 Å². The summed E-state index contributed by atoms with van der Waals surface area (Å²) >= 11 is 1.41. The van der Waals surface area contributed by atoms with Crippen LogP contribution in [0.25, 0.3) is 22.3 Å². The van der Waals surface area contributed by atoms with Gasteiger partial charge in [-0.05, 0) is 103 Å². The standard InChI is InChI=1S/C35H47NOS/c1-5-6-7-9-28-11-15-30(16-12-28)31-19-21-32(22-20-31)34-23-24-35(27(2)26-34)33-17-13-29(14-18-33)10-8-25-36(3)38-37-4/h13-14,17-24,26,28,30H,5-12,15-16,25H2,1-4H3. The van der Waals surface area contributed by atoms with Crippen molar-refractivity contribution in [2.24, 2.45) is 5.92 Å². The summed E-state index contributed by atoms with van der Waals surface area (Å²) in [6.07, 6.45) is 13.4. The van der Waals surface area contributed by atoms with Gasteiger partial charge in [-0.2, -0.15) is 0 Å². The number of rotatable bonds is 13. The van der Waals surface area contributed by atoms with Crippen LogP contribution < -0.4 is 0 Å². The molecule has 0 aliphatic heterocycles. The molecule has 0 unspecified atom stereocenters. The highest BCUT2D eigenvalue weighted by molar-refractivity contribution is 7.92. The summed E-state index contributed by atoms with van der Waals surface area (Å²) in [5, 5.41) is 0. The van der Waals surface area contributed by atoms with Crippen LogP contribution >= 0.6 is 12.2 Å². The zero-order valence-electron chi connectivity index (χ0n) is 24.0. The zero-order valence-corrected chi connectivity index (χ0v) is 24.9. The Hall–Kier alpha value is -2.07. The van der Waals surface area contributed by atoms with Gasteiger partial charge in [0.1, 0.15) is 0 Å². The van der Waals surface area contributed by atoms with E-state index in [2.05, 4.69) is 91.9 Å². The predicted octanol–water partition coefficient (Wildman–Crippen LogP) is 10.3. The van der Waals surface area contributed by atoms with Crippen LogP contribution in [0, 0.1) is 12.8 Å². The van der Waals surface area contributed by atoms with Crippen LogP contribution in [0.3, 0.4) is 0 Å². The van der Waals surface area contributed by atoms with Gasteiger partial charge in [-0.3, -0.25) is 0 Å². The first-order valence-corrected chi connectivity index (χ1v) is 15.5. The van der Waals surface area contributed by atoms with Crippen molar-refractivity contribution in [1.29, 1.82) is 0 Å². The van der Waals surface area contributed by atoms with Crippen molar-refractivity contribution in [3.8, 4) is 22.3 Å². The molecule has 3 aromatic carbocycles. The molecular weight excluding hydrogens is 482 g/mol. The molecule has 0 aromatic heterocycles. The molecule has 3 aromatic rings. The van der Waals surface area contributed by atoms with Crippen molar-refractivity contribution >= 4 is 12.2 Å². The molecular formula is C35H47NOS. The average molecular weight is 530 g/mol. The SMILES string of the molecule is CCCCCC1CCC(c2ccc(-c3ccc(-c4ccc(CCCN(C)SOC)cc4)c(C)c3)cc2)CC1. The van der Waals surface area contributed by atoms with E-state index in [9.17, 15) is 0 Å². The number of aryl methyl sites for hydroxylation is 2. The Kier molecular flexibility index (Phi) is 11.4. The van der Waals surface area contributed by atoms with E-state index in [1.54, 1.807) is 12.7 Å². The molecule has 0 radical (unpaired) electrons. The van der Waals surface area contributed by atoms with Crippen LogP contribution in [0.4, 0.5) is 0 Å². The van der Waals surface area contributed by atoms with Gasteiger partial charge in [-0.25, -0.2) is 4.31 Å². The number of hydrogen-bond donors (Lipinski definition) is 0. The van der Waals surface area contributed by atoms with Crippen molar-refractivity contribution in [3.05, 3.63) is 83.4 Å². The Morgan fingerprint density at radius 3 is 2.16 bits per heavy atom. The van der Waals surface area contributed by atoms with Crippen LogP contribution in [0.1, 0.15) is 87.3 Å². The fourth-order valence-electron chi connectivity index (χ4n) is 6.10. The quantitative estimate of drug-likeness (QED) is 0.124. The first-order valence-electron chi connectivity index (χ1n) is 14.8. The minimum Gasteiger partial charge on any atom is -0.304 e. The second-order valence-corrected chi connectivity index (χ2v) is 12.4. The van der Waals surface area contributed by atoms with Crippen LogP contribution in [0.15, 0.2) is 66.7 Å². The molecule has 0 spiro atoms. The Balaban J connectivity index is 1.32. The zero-order chi connectivity index (χ0) is 26.7. The maximum Gasteiger partial charge on any atom is 0.0813 e. The van der Waals surface area contributed by atoms with E-state index in [4.69, 9.17) is 4.18 Å². The first kappa shape index (κ1) is 28.9. The minimum absolute atomic E-state index is 0.753. The van der Waals surface area contributed by atoms with Gasteiger partial charge in [0.2, 0.25) is 0 Å². The van der Waals surface area contributed by atoms with Crippen molar-refractivity contribution in [2.45, 2.75) is 84.0 Å². The second-order valence-electron chi connectivity index (χ2n) is 11.3. The van der Waals surface area contributed by atoms with Crippen LogP contribution in [0.5, 0.6) is 0 Å². The normalized spacial score (nSPS) is 17.7. The lowest BCUT2D eigenvalue weighted by Crippen LogP contribution is -2.13. The van der Waals surface area contributed by atoms with Crippen molar-refractivity contribution < 1.29 is 4.18 Å². The maximum absolute atomic E-state index is 5.11. The molecule has 4 rings (SSSR count). The van der Waals surface area contributed by atoms with Gasteiger partial charge in [-0.1, -0.05) is 99.3 Å². The highest BCUT2D eigenvalue weighted by Gasteiger charge is 2.22. The third-order valence-corrected chi connectivity index (χ3v) is 9.00. The first-order chi connectivity index (χ1) is 18.6. The summed E-state index contributed by atoms with van der Waals surface area (Å²) in [6.45, 7) is 5.56. The Labute approximate surface area is 236 Å². The molecule has 0 heterocycles. The summed E-state index contributed by atoms with van der Waals surface area (Å²) in [4.78, 5) is 0. The van der Waals surface area contributed by atoms with Crippen molar-refractivity contribution in [1.82, 2.24) is 4.31 Å². The molecule has 0 atom stereocenters. The lowest BCUT2D eigenvalue weighted by atomic mass is 9.77. The van der Waals surface area contributed by atoms with E-state index < -0.39 is 0 Å². The van der Waals surface area contributed by atoms with Gasteiger partial charge in [-0.15, -0.1) is 0 Å². The third-order valence-electron chi connectivity index (χ3n) is 8.41. The largest absolute Gasteiger partial charge is 0.304 e. The van der Waals surface area contributed by atoms with Crippen molar-refractivity contribution in [2.75, 3.05) is 20.7 Å². The van der Waals surface area contributed by atoms with Gasteiger partial charge in [0.25, 0.3) is 0 Å². The van der Waals surface area contributed by atoms with Crippen LogP contribution in [-0.4, -0.2) is 25.0 Å². The van der Waals surface area contributed by atoms with E-state index in [1.165, 1.54) is 97.0 Å². The Morgan fingerprint density at radius 2 is 1.50 bits per heavy atom. The van der Waals surface area contributed by atoms with E-state index in [-0.39, 0.29) is 0 Å². The summed E-state index contributed by atoms with van der Waals surface area (Å²) in [5.41, 5.74) is 9.52. The molecule has 2 nitrogen and oxygen atoms in total. The molecule has 204 valence electrons. The van der Waals surface area contributed by atoms with Crippen LogP contribution in [0.2, 0.25) is 0 Å². The molecule has 1 aliphatic rings. The molecule has 1 fully saturated rings. The van der Waals surface area contributed by atoms with Gasteiger partial charge in [0.05, 0.1) is 19.3 Å². The Bertz CT molecular complexity index is 1100. The summed E-state index contributed by atoms with van der Waals surface area (Å²) in [7, 11) is 3.78. The summed E-state index contributed by atoms with van der Waals surface area (Å²) in [5.74, 6) is 1.73. The van der Waals surface area contributed by atoms with Gasteiger partial charge in [0.15, 0.2) is 0 Å². The van der Waals surface area contributed by atoms with E-state index in [0.717, 1.165) is 31.2 Å².